The predicted molar refractivity (Wildman–Crippen MR) is 73.1 cm³/mol. The van der Waals surface area contributed by atoms with Gasteiger partial charge in [-0.1, -0.05) is 18.2 Å². The van der Waals surface area contributed by atoms with Crippen molar-refractivity contribution in [2.45, 2.75) is 25.3 Å². The third kappa shape index (κ3) is 2.06. The second-order valence-electron chi connectivity index (χ2n) is 4.75. The molecule has 1 aromatic heterocycles. The average Bonchev–Trinajstić information content (AvgIpc) is 2.99. The Morgan fingerprint density at radius 2 is 2.00 bits per heavy atom. The molecule has 1 aromatic carbocycles. The lowest BCUT2D eigenvalue weighted by atomic mass is 10.00. The van der Waals surface area contributed by atoms with Crippen LogP contribution in [0.2, 0.25) is 5.22 Å². The molecule has 0 spiro atoms. The fourth-order valence-corrected chi connectivity index (χ4v) is 2.88. The van der Waals surface area contributed by atoms with E-state index in [9.17, 15) is 0 Å². The smallest absolute Gasteiger partial charge is 0.193 e. The zero-order valence-corrected chi connectivity index (χ0v) is 11.1. The Morgan fingerprint density at radius 1 is 1.17 bits per heavy atom. The van der Waals surface area contributed by atoms with Crippen LogP contribution in [0.5, 0.6) is 0 Å². The van der Waals surface area contributed by atoms with E-state index in [-0.39, 0.29) is 6.04 Å². The summed E-state index contributed by atoms with van der Waals surface area (Å²) in [6, 6.07) is 10.5. The Labute approximate surface area is 112 Å². The van der Waals surface area contributed by atoms with Gasteiger partial charge in [0.1, 0.15) is 5.76 Å². The van der Waals surface area contributed by atoms with Crippen molar-refractivity contribution in [2.75, 3.05) is 7.05 Å². The van der Waals surface area contributed by atoms with Crippen molar-refractivity contribution < 1.29 is 4.42 Å². The van der Waals surface area contributed by atoms with Crippen LogP contribution in [-0.2, 0) is 12.8 Å². The van der Waals surface area contributed by atoms with Crippen LogP contribution in [0.15, 0.2) is 34.7 Å². The number of furan rings is 1. The van der Waals surface area contributed by atoms with Gasteiger partial charge in [-0.2, -0.15) is 0 Å². The Hall–Kier alpha value is -1.25. The largest absolute Gasteiger partial charge is 0.448 e. The van der Waals surface area contributed by atoms with Gasteiger partial charge in [-0.05, 0) is 66.7 Å². The number of hydrogen-bond acceptors (Lipinski definition) is 2. The fraction of sp³-hybridized carbons (Fsp3) is 0.333. The molecule has 1 unspecified atom stereocenters. The van der Waals surface area contributed by atoms with Crippen molar-refractivity contribution in [3.05, 3.63) is 58.0 Å². The second kappa shape index (κ2) is 4.79. The van der Waals surface area contributed by atoms with E-state index in [4.69, 9.17) is 16.0 Å². The third-order valence-corrected chi connectivity index (χ3v) is 3.83. The fourth-order valence-electron chi connectivity index (χ4n) is 2.73. The monoisotopic (exact) mass is 261 g/mol. The van der Waals surface area contributed by atoms with E-state index in [0.717, 1.165) is 5.76 Å². The minimum Gasteiger partial charge on any atom is -0.448 e. The van der Waals surface area contributed by atoms with E-state index in [1.54, 1.807) is 6.07 Å². The molecule has 3 rings (SSSR count). The van der Waals surface area contributed by atoms with Crippen LogP contribution in [0.1, 0.15) is 34.9 Å². The zero-order valence-electron chi connectivity index (χ0n) is 10.4. The maximum absolute atomic E-state index is 5.85. The van der Waals surface area contributed by atoms with Crippen LogP contribution in [0, 0.1) is 0 Å². The summed E-state index contributed by atoms with van der Waals surface area (Å²) in [5, 5.41) is 3.72. The first kappa shape index (κ1) is 11.8. The van der Waals surface area contributed by atoms with Crippen molar-refractivity contribution in [1.29, 1.82) is 0 Å². The highest BCUT2D eigenvalue weighted by molar-refractivity contribution is 6.28. The molecule has 2 aromatic rings. The number of fused-ring (bicyclic) bond motifs is 1. The third-order valence-electron chi connectivity index (χ3n) is 3.62. The second-order valence-corrected chi connectivity index (χ2v) is 5.12. The molecule has 1 aliphatic carbocycles. The summed E-state index contributed by atoms with van der Waals surface area (Å²) in [5.74, 6) is 0.862. The topological polar surface area (TPSA) is 25.2 Å². The summed E-state index contributed by atoms with van der Waals surface area (Å²) < 4.78 is 5.51. The molecule has 0 bridgehead atoms. The first-order chi connectivity index (χ1) is 8.78. The van der Waals surface area contributed by atoms with E-state index in [0.29, 0.717) is 5.22 Å². The van der Waals surface area contributed by atoms with Gasteiger partial charge < -0.3 is 9.73 Å². The van der Waals surface area contributed by atoms with E-state index >= 15 is 0 Å². The number of nitrogens with one attached hydrogen (secondary N) is 1. The summed E-state index contributed by atoms with van der Waals surface area (Å²) in [5.41, 5.74) is 4.21. The molecule has 3 heteroatoms. The summed E-state index contributed by atoms with van der Waals surface area (Å²) in [7, 11) is 1.94. The van der Waals surface area contributed by atoms with Gasteiger partial charge in [0, 0.05) is 0 Å². The Balaban J connectivity index is 1.96. The van der Waals surface area contributed by atoms with Crippen molar-refractivity contribution in [3.63, 3.8) is 0 Å². The summed E-state index contributed by atoms with van der Waals surface area (Å²) in [6.07, 6.45) is 3.68. The standard InChI is InChI=1S/C15H16ClNO/c1-17-15(13-7-8-14(16)18-13)12-6-5-10-3-2-4-11(10)9-12/h5-9,15,17H,2-4H2,1H3. The number of benzene rings is 1. The Bertz CT molecular complexity index is 561. The van der Waals surface area contributed by atoms with Crippen molar-refractivity contribution >= 4 is 11.6 Å². The van der Waals surface area contributed by atoms with Crippen LogP contribution < -0.4 is 5.32 Å². The zero-order chi connectivity index (χ0) is 12.5. The highest BCUT2D eigenvalue weighted by Gasteiger charge is 2.18. The van der Waals surface area contributed by atoms with Crippen LogP contribution in [0.25, 0.3) is 0 Å². The molecule has 1 atom stereocenters. The maximum atomic E-state index is 5.85. The Kier molecular flexibility index (Phi) is 3.14. The first-order valence-electron chi connectivity index (χ1n) is 6.32. The van der Waals surface area contributed by atoms with E-state index in [1.165, 1.54) is 36.0 Å². The van der Waals surface area contributed by atoms with Gasteiger partial charge in [-0.25, -0.2) is 0 Å². The lowest BCUT2D eigenvalue weighted by Gasteiger charge is -2.15. The van der Waals surface area contributed by atoms with Crippen molar-refractivity contribution in [1.82, 2.24) is 5.32 Å². The average molecular weight is 262 g/mol. The molecular formula is C15H16ClNO. The molecule has 1 heterocycles. The minimum atomic E-state index is 0.0726. The molecule has 1 N–H and O–H groups in total. The maximum Gasteiger partial charge on any atom is 0.193 e. The molecule has 0 fully saturated rings. The van der Waals surface area contributed by atoms with Crippen LogP contribution >= 0.6 is 11.6 Å². The van der Waals surface area contributed by atoms with Crippen molar-refractivity contribution in [3.8, 4) is 0 Å². The SMILES string of the molecule is CNC(c1ccc2c(c1)CCC2)c1ccc(Cl)o1. The van der Waals surface area contributed by atoms with Gasteiger partial charge in [0.05, 0.1) is 6.04 Å². The molecule has 2 nitrogen and oxygen atoms in total. The number of halogens is 1. The predicted octanol–water partition coefficient (Wildman–Crippen LogP) is 3.73. The van der Waals surface area contributed by atoms with Crippen LogP contribution in [0.4, 0.5) is 0 Å². The molecule has 0 saturated heterocycles. The highest BCUT2D eigenvalue weighted by Crippen LogP contribution is 2.29. The molecule has 94 valence electrons. The van der Waals surface area contributed by atoms with Gasteiger partial charge in [-0.15, -0.1) is 0 Å². The molecular weight excluding hydrogens is 246 g/mol. The lowest BCUT2D eigenvalue weighted by molar-refractivity contribution is 0.464. The minimum absolute atomic E-state index is 0.0726. The van der Waals surface area contributed by atoms with Crippen molar-refractivity contribution in [2.24, 2.45) is 0 Å². The normalized spacial score (nSPS) is 15.7. The number of aryl methyl sites for hydroxylation is 2. The molecule has 18 heavy (non-hydrogen) atoms. The van der Waals surface area contributed by atoms with Gasteiger partial charge in [0.25, 0.3) is 0 Å². The van der Waals surface area contributed by atoms with E-state index in [2.05, 4.69) is 23.5 Å². The van der Waals surface area contributed by atoms with Gasteiger partial charge in [0.2, 0.25) is 0 Å². The quantitative estimate of drug-likeness (QED) is 0.911. The summed E-state index contributed by atoms with van der Waals surface area (Å²) in [6.45, 7) is 0. The van der Waals surface area contributed by atoms with Gasteiger partial charge in [0.15, 0.2) is 5.22 Å². The van der Waals surface area contributed by atoms with Gasteiger partial charge in [-0.3, -0.25) is 0 Å². The number of hydrogen-bond donors (Lipinski definition) is 1. The number of rotatable bonds is 3. The molecule has 0 aliphatic heterocycles. The van der Waals surface area contributed by atoms with Crippen LogP contribution in [-0.4, -0.2) is 7.05 Å². The molecule has 0 radical (unpaired) electrons. The highest BCUT2D eigenvalue weighted by atomic mass is 35.5. The van der Waals surface area contributed by atoms with Crippen LogP contribution in [0.3, 0.4) is 0 Å². The lowest BCUT2D eigenvalue weighted by Crippen LogP contribution is -2.17. The van der Waals surface area contributed by atoms with E-state index in [1.807, 2.05) is 13.1 Å². The first-order valence-corrected chi connectivity index (χ1v) is 6.70. The van der Waals surface area contributed by atoms with Gasteiger partial charge >= 0.3 is 0 Å². The summed E-state index contributed by atoms with van der Waals surface area (Å²) >= 11 is 5.85. The molecule has 0 amide bonds. The Morgan fingerprint density at radius 3 is 2.72 bits per heavy atom. The molecule has 0 saturated carbocycles. The van der Waals surface area contributed by atoms with E-state index < -0.39 is 0 Å². The summed E-state index contributed by atoms with van der Waals surface area (Å²) in [4.78, 5) is 0. The molecule has 1 aliphatic rings.